The molecule has 5 heteroatoms. The van der Waals surface area contributed by atoms with Crippen LogP contribution < -0.4 is 0 Å². The number of nitrogens with zero attached hydrogens (tertiary/aromatic N) is 1. The van der Waals surface area contributed by atoms with Crippen LogP contribution in [0.1, 0.15) is 0 Å². The molecule has 0 aliphatic rings. The van der Waals surface area contributed by atoms with E-state index < -0.39 is 0 Å². The van der Waals surface area contributed by atoms with Crippen LogP contribution in [-0.2, 0) is 0 Å². The number of aromatic amines is 1. The van der Waals surface area contributed by atoms with E-state index in [4.69, 9.17) is 12.2 Å². The first-order valence-corrected chi connectivity index (χ1v) is 3.47. The Morgan fingerprint density at radius 3 is 2.67 bits per heavy atom. The minimum atomic E-state index is 0.519. The van der Waals surface area contributed by atoms with Crippen LogP contribution in [-0.4, -0.2) is 10.2 Å². The maximum atomic E-state index is 4.80. The van der Waals surface area contributed by atoms with Crippen LogP contribution in [0.2, 0.25) is 0 Å². The van der Waals surface area contributed by atoms with Crippen LogP contribution in [0.5, 0.6) is 0 Å². The Labute approximate surface area is 68.5 Å². The van der Waals surface area contributed by atoms with E-state index in [1.165, 1.54) is 0 Å². The van der Waals surface area contributed by atoms with Crippen molar-refractivity contribution >= 4 is 37.5 Å². The molecule has 48 valence electrons. The second kappa shape index (κ2) is 2.72. The van der Waals surface area contributed by atoms with Crippen molar-refractivity contribution in [2.45, 2.75) is 9.79 Å². The van der Waals surface area contributed by atoms with Crippen LogP contribution in [0.4, 0.5) is 0 Å². The van der Waals surface area contributed by atoms with Crippen LogP contribution in [0.15, 0.2) is 16.0 Å². The van der Waals surface area contributed by atoms with Gasteiger partial charge in [0.2, 0.25) is 0 Å². The molecule has 0 aliphatic carbocycles. The van der Waals surface area contributed by atoms with Crippen LogP contribution >= 0.6 is 37.5 Å². The number of H-pyrrole nitrogens is 1. The van der Waals surface area contributed by atoms with E-state index in [0.29, 0.717) is 14.4 Å². The van der Waals surface area contributed by atoms with Gasteiger partial charge < -0.3 is 0 Å². The third-order valence-corrected chi connectivity index (χ3v) is 2.24. The van der Waals surface area contributed by atoms with E-state index in [-0.39, 0.29) is 0 Å². The second-order valence-electron chi connectivity index (χ2n) is 1.43. The summed E-state index contributed by atoms with van der Waals surface area (Å²) < 4.78 is 0.519. The van der Waals surface area contributed by atoms with Gasteiger partial charge in [-0.2, -0.15) is 5.10 Å². The highest BCUT2D eigenvalue weighted by Crippen LogP contribution is 2.14. The molecule has 0 radical (unpaired) electrons. The summed E-state index contributed by atoms with van der Waals surface area (Å²) in [4.78, 5) is 1.37. The third kappa shape index (κ3) is 1.47. The Bertz CT molecular complexity index is 267. The Balaban J connectivity index is 3.43. The summed E-state index contributed by atoms with van der Waals surface area (Å²) in [5.74, 6) is 0. The molecule has 0 saturated carbocycles. The Morgan fingerprint density at radius 2 is 2.22 bits per heavy atom. The summed E-state index contributed by atoms with van der Waals surface area (Å²) in [7, 11) is 0. The van der Waals surface area contributed by atoms with Crippen molar-refractivity contribution in [2.75, 3.05) is 0 Å². The van der Waals surface area contributed by atoms with Gasteiger partial charge in [0.1, 0.15) is 4.64 Å². The largest absolute Gasteiger partial charge is 0.267 e. The van der Waals surface area contributed by atoms with Crippen molar-refractivity contribution in [1.82, 2.24) is 10.2 Å². The summed E-state index contributed by atoms with van der Waals surface area (Å²) in [5.41, 5.74) is 0. The fourth-order valence-electron chi connectivity index (χ4n) is 0.382. The molecule has 0 atom stereocenters. The zero-order valence-electron chi connectivity index (χ0n) is 4.33. The first kappa shape index (κ1) is 7.11. The molecule has 1 aromatic rings. The summed E-state index contributed by atoms with van der Waals surface area (Å²) in [6, 6.07) is 0. The lowest BCUT2D eigenvalue weighted by molar-refractivity contribution is 0.931. The van der Waals surface area contributed by atoms with Gasteiger partial charge in [0.05, 0.1) is 11.1 Å². The minimum Gasteiger partial charge on any atom is -0.267 e. The highest BCUT2D eigenvalue weighted by atomic mass is 32.1. The van der Waals surface area contributed by atoms with E-state index in [9.17, 15) is 0 Å². The van der Waals surface area contributed by atoms with Crippen LogP contribution in [0, 0.1) is 4.64 Å². The maximum absolute atomic E-state index is 4.80. The average Bonchev–Trinajstić information content (AvgIpc) is 1.83. The lowest BCUT2D eigenvalue weighted by atomic mass is 10.6. The smallest absolute Gasteiger partial charge is 0.134 e. The maximum Gasteiger partial charge on any atom is 0.134 e. The SMILES string of the molecule is S=c1[nH]ncc(S)c1S. The van der Waals surface area contributed by atoms with Crippen molar-refractivity contribution in [3.63, 3.8) is 0 Å². The van der Waals surface area contributed by atoms with E-state index >= 15 is 0 Å². The number of aromatic nitrogens is 2. The number of hydrogen-bond acceptors (Lipinski definition) is 4. The van der Waals surface area contributed by atoms with Gasteiger partial charge in [-0.25, -0.2) is 0 Å². The zero-order chi connectivity index (χ0) is 6.85. The molecule has 0 fully saturated rings. The topological polar surface area (TPSA) is 28.7 Å². The molecule has 1 aromatic heterocycles. The summed E-state index contributed by atoms with van der Waals surface area (Å²) in [5, 5.41) is 6.27. The number of nitrogens with one attached hydrogen (secondary N) is 1. The van der Waals surface area contributed by atoms with Gasteiger partial charge in [-0.15, -0.1) is 25.3 Å². The highest BCUT2D eigenvalue weighted by Gasteiger charge is 1.92. The van der Waals surface area contributed by atoms with E-state index in [1.54, 1.807) is 6.20 Å². The zero-order valence-corrected chi connectivity index (χ0v) is 6.93. The molecule has 0 amide bonds. The first-order chi connectivity index (χ1) is 4.22. The normalized spacial score (nSPS) is 9.56. The predicted molar refractivity (Wildman–Crippen MR) is 43.9 cm³/mol. The lowest BCUT2D eigenvalue weighted by Crippen LogP contribution is -1.82. The fourth-order valence-corrected chi connectivity index (χ4v) is 0.898. The number of rotatable bonds is 0. The summed E-state index contributed by atoms with van der Waals surface area (Å²) in [6.45, 7) is 0. The van der Waals surface area contributed by atoms with E-state index in [0.717, 1.165) is 0 Å². The highest BCUT2D eigenvalue weighted by molar-refractivity contribution is 7.84. The van der Waals surface area contributed by atoms with Gasteiger partial charge in [-0.3, -0.25) is 5.10 Å². The molecule has 9 heavy (non-hydrogen) atoms. The molecule has 0 aliphatic heterocycles. The first-order valence-electron chi connectivity index (χ1n) is 2.17. The molecule has 0 saturated heterocycles. The Hall–Kier alpha value is -0.000000000000000111. The molecule has 2 nitrogen and oxygen atoms in total. The third-order valence-electron chi connectivity index (χ3n) is 0.811. The monoisotopic (exact) mass is 176 g/mol. The van der Waals surface area contributed by atoms with E-state index in [2.05, 4.69) is 35.5 Å². The standard InChI is InChI=1S/C4H4N2S3/c7-2-1-5-6-4(9)3(2)8/h1H,(H,5,8)(H2,6,7,9). The Morgan fingerprint density at radius 1 is 1.56 bits per heavy atom. The summed E-state index contributed by atoms with van der Waals surface area (Å²) >= 11 is 12.9. The Kier molecular flexibility index (Phi) is 2.15. The molecule has 1 heterocycles. The van der Waals surface area contributed by atoms with Gasteiger partial charge in [0, 0.05) is 4.90 Å². The van der Waals surface area contributed by atoms with Crippen molar-refractivity contribution < 1.29 is 0 Å². The van der Waals surface area contributed by atoms with Gasteiger partial charge >= 0.3 is 0 Å². The van der Waals surface area contributed by atoms with Crippen LogP contribution in [0.3, 0.4) is 0 Å². The van der Waals surface area contributed by atoms with Gasteiger partial charge in [0.25, 0.3) is 0 Å². The number of hydrogen-bond donors (Lipinski definition) is 3. The van der Waals surface area contributed by atoms with Crippen molar-refractivity contribution in [1.29, 1.82) is 0 Å². The molecular formula is C4H4N2S3. The summed E-state index contributed by atoms with van der Waals surface area (Å²) in [6.07, 6.45) is 1.56. The second-order valence-corrected chi connectivity index (χ2v) is 2.77. The quantitative estimate of drug-likeness (QED) is 0.415. The minimum absolute atomic E-state index is 0.519. The van der Waals surface area contributed by atoms with Crippen LogP contribution in [0.25, 0.3) is 0 Å². The predicted octanol–water partition coefficient (Wildman–Crippen LogP) is 1.72. The fraction of sp³-hybridized carbons (Fsp3) is 0. The van der Waals surface area contributed by atoms with Crippen molar-refractivity contribution in [2.24, 2.45) is 0 Å². The molecule has 1 N–H and O–H groups in total. The van der Waals surface area contributed by atoms with Gasteiger partial charge in [0.15, 0.2) is 0 Å². The number of thiol groups is 2. The molecule has 0 spiro atoms. The van der Waals surface area contributed by atoms with Crippen molar-refractivity contribution in [3.05, 3.63) is 10.8 Å². The van der Waals surface area contributed by atoms with Crippen molar-refractivity contribution in [3.8, 4) is 0 Å². The average molecular weight is 176 g/mol. The van der Waals surface area contributed by atoms with E-state index in [1.807, 2.05) is 0 Å². The molecular weight excluding hydrogens is 172 g/mol. The van der Waals surface area contributed by atoms with Gasteiger partial charge in [-0.05, 0) is 0 Å². The molecule has 0 unspecified atom stereocenters. The molecule has 0 aromatic carbocycles. The molecule has 1 rings (SSSR count). The van der Waals surface area contributed by atoms with Gasteiger partial charge in [-0.1, -0.05) is 12.2 Å². The lowest BCUT2D eigenvalue weighted by Gasteiger charge is -1.92. The molecule has 0 bridgehead atoms.